The number of carbonyl (C=O) groups is 1. The highest BCUT2D eigenvalue weighted by Gasteiger charge is 2.22. The average molecular weight is 512 g/mol. The van der Waals surface area contributed by atoms with Crippen LogP contribution >= 0.6 is 11.6 Å². The molecule has 0 spiro atoms. The molecule has 6 heteroatoms. The summed E-state index contributed by atoms with van der Waals surface area (Å²) in [5.74, 6) is 6.15. The number of aromatic nitrogens is 2. The van der Waals surface area contributed by atoms with Crippen LogP contribution in [0.4, 0.5) is 0 Å². The smallest absolute Gasteiger partial charge is 0.355 e. The van der Waals surface area contributed by atoms with Gasteiger partial charge in [0.05, 0.1) is 6.61 Å². The zero-order valence-electron chi connectivity index (χ0n) is 21.3. The third-order valence-electron chi connectivity index (χ3n) is 6.90. The van der Waals surface area contributed by atoms with Crippen molar-refractivity contribution in [3.63, 3.8) is 0 Å². The van der Waals surface area contributed by atoms with Crippen LogP contribution in [0.25, 0.3) is 22.0 Å². The van der Waals surface area contributed by atoms with E-state index >= 15 is 0 Å². The molecule has 0 aliphatic carbocycles. The van der Waals surface area contributed by atoms with Gasteiger partial charge in [-0.05, 0) is 93.2 Å². The first kappa shape index (κ1) is 25.1. The minimum absolute atomic E-state index is 0.268. The molecule has 1 saturated heterocycles. The molecular formula is C31H30ClN3O2. The van der Waals surface area contributed by atoms with Gasteiger partial charge in [-0.2, -0.15) is 0 Å². The first-order valence-electron chi connectivity index (χ1n) is 12.8. The van der Waals surface area contributed by atoms with Crippen LogP contribution < -0.4 is 0 Å². The molecule has 0 N–H and O–H groups in total. The zero-order valence-corrected chi connectivity index (χ0v) is 22.0. The Labute approximate surface area is 223 Å². The van der Waals surface area contributed by atoms with Crippen molar-refractivity contribution in [2.24, 2.45) is 0 Å². The van der Waals surface area contributed by atoms with E-state index in [0.29, 0.717) is 23.0 Å². The fourth-order valence-corrected chi connectivity index (χ4v) is 5.09. The maximum Gasteiger partial charge on any atom is 0.355 e. The first-order valence-corrected chi connectivity index (χ1v) is 13.2. The number of hydrogen-bond acceptors (Lipinski definition) is 4. The van der Waals surface area contributed by atoms with Gasteiger partial charge >= 0.3 is 5.97 Å². The van der Waals surface area contributed by atoms with Gasteiger partial charge in [-0.25, -0.2) is 9.78 Å². The number of esters is 1. The number of halogens is 1. The van der Waals surface area contributed by atoms with E-state index in [-0.39, 0.29) is 5.97 Å². The standard InChI is InChI=1S/C31H30ClN3O2/c1-3-37-31(36)30-22(2)28-20-23(7-15-29(28)35(30)19-18-34-16-4-5-17-34)6-13-27-14-10-25(21-33-27)24-8-11-26(32)12-9-24/h7-12,14-15,20-21H,3-5,16-19H2,1-2H3. The van der Waals surface area contributed by atoms with Crippen LogP contribution in [0.1, 0.15) is 47.1 Å². The lowest BCUT2D eigenvalue weighted by Crippen LogP contribution is -2.25. The number of ether oxygens (including phenoxy) is 1. The van der Waals surface area contributed by atoms with Crippen LogP contribution in [0.3, 0.4) is 0 Å². The lowest BCUT2D eigenvalue weighted by atomic mass is 10.1. The maximum absolute atomic E-state index is 12.9. The molecule has 5 nitrogen and oxygen atoms in total. The molecule has 5 rings (SSSR count). The van der Waals surface area contributed by atoms with Crippen LogP contribution in [0, 0.1) is 18.8 Å². The number of rotatable bonds is 6. The van der Waals surface area contributed by atoms with Crippen molar-refractivity contribution in [1.82, 2.24) is 14.5 Å². The number of pyridine rings is 1. The molecular weight excluding hydrogens is 482 g/mol. The van der Waals surface area contributed by atoms with Crippen molar-refractivity contribution in [2.45, 2.75) is 33.2 Å². The molecule has 2 aromatic heterocycles. The summed E-state index contributed by atoms with van der Waals surface area (Å²) in [6.45, 7) is 8.13. The predicted octanol–water partition coefficient (Wildman–Crippen LogP) is 6.34. The zero-order chi connectivity index (χ0) is 25.8. The molecule has 3 heterocycles. The summed E-state index contributed by atoms with van der Waals surface area (Å²) >= 11 is 5.99. The van der Waals surface area contributed by atoms with Crippen LogP contribution in [0.15, 0.2) is 60.8 Å². The van der Waals surface area contributed by atoms with Crippen molar-refractivity contribution < 1.29 is 9.53 Å². The number of likely N-dealkylation sites (tertiary alicyclic amines) is 1. The molecule has 1 fully saturated rings. The van der Waals surface area contributed by atoms with E-state index in [2.05, 4.69) is 38.4 Å². The Morgan fingerprint density at radius 2 is 1.76 bits per heavy atom. The van der Waals surface area contributed by atoms with E-state index in [4.69, 9.17) is 16.3 Å². The predicted molar refractivity (Wildman–Crippen MR) is 149 cm³/mol. The van der Waals surface area contributed by atoms with Gasteiger partial charge in [0.2, 0.25) is 0 Å². The molecule has 0 amide bonds. The van der Waals surface area contributed by atoms with Gasteiger partial charge in [-0.1, -0.05) is 35.7 Å². The quantitative estimate of drug-likeness (QED) is 0.224. The first-order chi connectivity index (χ1) is 18.0. The third-order valence-corrected chi connectivity index (χ3v) is 7.15. The summed E-state index contributed by atoms with van der Waals surface area (Å²) < 4.78 is 7.54. The fraction of sp³-hybridized carbons (Fsp3) is 0.290. The minimum atomic E-state index is -0.268. The van der Waals surface area contributed by atoms with Crippen LogP contribution in [0.2, 0.25) is 5.02 Å². The Kier molecular flexibility index (Phi) is 7.60. The molecule has 1 aliphatic rings. The van der Waals surface area contributed by atoms with Crippen LogP contribution in [-0.4, -0.2) is 46.7 Å². The number of benzene rings is 2. The van der Waals surface area contributed by atoms with Gasteiger partial charge in [0.15, 0.2) is 0 Å². The molecule has 0 atom stereocenters. The van der Waals surface area contributed by atoms with Crippen molar-refractivity contribution in [3.05, 3.63) is 88.3 Å². The van der Waals surface area contributed by atoms with Gasteiger partial charge in [0.1, 0.15) is 11.4 Å². The van der Waals surface area contributed by atoms with Gasteiger partial charge in [-0.15, -0.1) is 0 Å². The van der Waals surface area contributed by atoms with Crippen molar-refractivity contribution in [1.29, 1.82) is 0 Å². The van der Waals surface area contributed by atoms with Gasteiger partial charge in [-0.3, -0.25) is 0 Å². The highest BCUT2D eigenvalue weighted by atomic mass is 35.5. The average Bonchev–Trinajstić information content (AvgIpc) is 3.53. The number of hydrogen-bond donors (Lipinski definition) is 0. The summed E-state index contributed by atoms with van der Waals surface area (Å²) in [4.78, 5) is 19.9. The largest absolute Gasteiger partial charge is 0.461 e. The van der Waals surface area contributed by atoms with Crippen molar-refractivity contribution >= 4 is 28.5 Å². The third kappa shape index (κ3) is 5.56. The second-order valence-electron chi connectivity index (χ2n) is 9.32. The van der Waals surface area contributed by atoms with Crippen LogP contribution in [0.5, 0.6) is 0 Å². The molecule has 0 unspecified atom stereocenters. The summed E-state index contributed by atoms with van der Waals surface area (Å²) in [5.41, 5.74) is 6.27. The number of carbonyl (C=O) groups excluding carboxylic acids is 1. The topological polar surface area (TPSA) is 47.4 Å². The molecule has 188 valence electrons. The lowest BCUT2D eigenvalue weighted by molar-refractivity contribution is 0.0513. The highest BCUT2D eigenvalue weighted by Crippen LogP contribution is 2.28. The van der Waals surface area contributed by atoms with Crippen molar-refractivity contribution in [2.75, 3.05) is 26.2 Å². The summed E-state index contributed by atoms with van der Waals surface area (Å²) in [6, 6.07) is 17.8. The number of fused-ring (bicyclic) bond motifs is 1. The molecule has 1 aliphatic heterocycles. The molecule has 0 saturated carbocycles. The second kappa shape index (κ2) is 11.2. The molecule has 37 heavy (non-hydrogen) atoms. The van der Waals surface area contributed by atoms with E-state index < -0.39 is 0 Å². The van der Waals surface area contributed by atoms with Crippen LogP contribution in [-0.2, 0) is 11.3 Å². The summed E-state index contributed by atoms with van der Waals surface area (Å²) in [5, 5.41) is 1.74. The Morgan fingerprint density at radius 3 is 2.46 bits per heavy atom. The molecule has 2 aromatic carbocycles. The minimum Gasteiger partial charge on any atom is -0.461 e. The monoisotopic (exact) mass is 511 g/mol. The molecule has 0 radical (unpaired) electrons. The Hall–Kier alpha value is -3.59. The Bertz CT molecular complexity index is 1470. The number of nitrogens with zero attached hydrogens (tertiary/aromatic N) is 3. The van der Waals surface area contributed by atoms with E-state index in [1.165, 1.54) is 12.8 Å². The molecule has 4 aromatic rings. The van der Waals surface area contributed by atoms with Crippen molar-refractivity contribution in [3.8, 4) is 23.0 Å². The Balaban J connectivity index is 1.42. The normalized spacial score (nSPS) is 13.5. The van der Waals surface area contributed by atoms with Gasteiger partial charge in [0.25, 0.3) is 0 Å². The highest BCUT2D eigenvalue weighted by molar-refractivity contribution is 6.30. The Morgan fingerprint density at radius 1 is 1.00 bits per heavy atom. The fourth-order valence-electron chi connectivity index (χ4n) is 4.96. The SMILES string of the molecule is CCOC(=O)c1c(C)c2cc(C#Cc3ccc(-c4ccc(Cl)cc4)cn3)ccc2n1CCN1CCCC1. The van der Waals surface area contributed by atoms with E-state index in [1.54, 1.807) is 0 Å². The second-order valence-corrected chi connectivity index (χ2v) is 9.75. The van der Waals surface area contributed by atoms with E-state index in [9.17, 15) is 4.79 Å². The number of aryl methyl sites for hydroxylation is 1. The lowest BCUT2D eigenvalue weighted by Gasteiger charge is -2.17. The van der Waals surface area contributed by atoms with E-state index in [0.717, 1.165) is 59.3 Å². The summed E-state index contributed by atoms with van der Waals surface area (Å²) in [7, 11) is 0. The summed E-state index contributed by atoms with van der Waals surface area (Å²) in [6.07, 6.45) is 4.32. The maximum atomic E-state index is 12.9. The van der Waals surface area contributed by atoms with Gasteiger partial charge < -0.3 is 14.2 Å². The van der Waals surface area contributed by atoms with Gasteiger partial charge in [0, 0.05) is 46.3 Å². The van der Waals surface area contributed by atoms with E-state index in [1.807, 2.05) is 62.5 Å². The molecule has 0 bridgehead atoms.